The molecule has 0 saturated carbocycles. The predicted molar refractivity (Wildman–Crippen MR) is 139 cm³/mol. The lowest BCUT2D eigenvalue weighted by molar-refractivity contribution is 0.285. The molecule has 0 aromatic heterocycles. The molecule has 0 radical (unpaired) electrons. The van der Waals surface area contributed by atoms with E-state index in [1.807, 2.05) is 18.2 Å². The number of aryl methyl sites for hydroxylation is 1. The van der Waals surface area contributed by atoms with E-state index in [1.54, 1.807) is 26.2 Å². The number of ether oxygens (including phenoxy) is 2. The molecule has 3 aromatic rings. The van der Waals surface area contributed by atoms with Crippen molar-refractivity contribution in [3.8, 4) is 11.5 Å². The van der Waals surface area contributed by atoms with Crippen molar-refractivity contribution < 1.29 is 9.47 Å². The van der Waals surface area contributed by atoms with Crippen LogP contribution in [0.25, 0.3) is 0 Å². The van der Waals surface area contributed by atoms with Crippen LogP contribution in [-0.4, -0.2) is 45.3 Å². The highest BCUT2D eigenvalue weighted by molar-refractivity contribution is 8.00. The molecule has 1 heterocycles. The SMILES string of the molecule is COc1ccc(C)cc1SNc1ccc(CN2CCCN(c3ccccc3OC)CC2)cc1. The molecule has 0 amide bonds. The highest BCUT2D eigenvalue weighted by Crippen LogP contribution is 2.31. The number of anilines is 2. The van der Waals surface area contributed by atoms with Gasteiger partial charge in [-0.05, 0) is 72.8 Å². The molecule has 1 saturated heterocycles. The Balaban J connectivity index is 1.31. The molecule has 1 fully saturated rings. The Kier molecular flexibility index (Phi) is 8.02. The second-order valence-corrected chi connectivity index (χ2v) is 9.19. The number of para-hydroxylation sites is 2. The van der Waals surface area contributed by atoms with E-state index in [1.165, 1.54) is 16.8 Å². The lowest BCUT2D eigenvalue weighted by atomic mass is 10.2. The summed E-state index contributed by atoms with van der Waals surface area (Å²) < 4.78 is 14.5. The maximum atomic E-state index is 5.57. The van der Waals surface area contributed by atoms with Gasteiger partial charge in [-0.15, -0.1) is 0 Å². The third-order valence-corrected chi connectivity index (χ3v) is 6.85. The zero-order chi connectivity index (χ0) is 23.0. The van der Waals surface area contributed by atoms with Crippen LogP contribution in [-0.2, 0) is 6.54 Å². The van der Waals surface area contributed by atoms with Crippen molar-refractivity contribution in [2.75, 3.05) is 50.0 Å². The summed E-state index contributed by atoms with van der Waals surface area (Å²) >= 11 is 1.58. The minimum atomic E-state index is 0.887. The molecule has 0 aliphatic carbocycles. The largest absolute Gasteiger partial charge is 0.496 e. The van der Waals surface area contributed by atoms with E-state index >= 15 is 0 Å². The lowest BCUT2D eigenvalue weighted by Crippen LogP contribution is -2.30. The number of methoxy groups -OCH3 is 2. The van der Waals surface area contributed by atoms with E-state index in [2.05, 4.69) is 70.0 Å². The fraction of sp³-hybridized carbons (Fsp3) is 0.333. The van der Waals surface area contributed by atoms with Crippen LogP contribution >= 0.6 is 11.9 Å². The van der Waals surface area contributed by atoms with Crippen molar-refractivity contribution in [1.82, 2.24) is 4.90 Å². The molecule has 4 rings (SSSR count). The smallest absolute Gasteiger partial charge is 0.142 e. The highest BCUT2D eigenvalue weighted by atomic mass is 32.2. The van der Waals surface area contributed by atoms with Crippen LogP contribution in [0, 0.1) is 6.92 Å². The molecule has 6 heteroatoms. The fourth-order valence-electron chi connectivity index (χ4n) is 4.17. The molecular formula is C27H33N3O2S. The molecule has 5 nitrogen and oxygen atoms in total. The second kappa shape index (κ2) is 11.3. The van der Waals surface area contributed by atoms with Gasteiger partial charge in [0.15, 0.2) is 0 Å². The summed E-state index contributed by atoms with van der Waals surface area (Å²) in [5, 5.41) is 0. The summed E-state index contributed by atoms with van der Waals surface area (Å²) in [6.07, 6.45) is 1.15. The van der Waals surface area contributed by atoms with E-state index in [4.69, 9.17) is 9.47 Å². The Morgan fingerprint density at radius 1 is 0.848 bits per heavy atom. The van der Waals surface area contributed by atoms with E-state index in [0.717, 1.165) is 61.2 Å². The van der Waals surface area contributed by atoms with Gasteiger partial charge < -0.3 is 19.1 Å². The first-order chi connectivity index (χ1) is 16.2. The summed E-state index contributed by atoms with van der Waals surface area (Å²) in [6, 6.07) is 23.3. The van der Waals surface area contributed by atoms with Gasteiger partial charge in [0.25, 0.3) is 0 Å². The van der Waals surface area contributed by atoms with Gasteiger partial charge in [0.1, 0.15) is 11.5 Å². The highest BCUT2D eigenvalue weighted by Gasteiger charge is 2.17. The van der Waals surface area contributed by atoms with Crippen LogP contribution in [0.15, 0.2) is 71.6 Å². The molecule has 3 aromatic carbocycles. The van der Waals surface area contributed by atoms with Gasteiger partial charge in [0.2, 0.25) is 0 Å². The minimum absolute atomic E-state index is 0.887. The maximum Gasteiger partial charge on any atom is 0.142 e. The van der Waals surface area contributed by atoms with Gasteiger partial charge in [-0.25, -0.2) is 0 Å². The van der Waals surface area contributed by atoms with Gasteiger partial charge in [0, 0.05) is 38.4 Å². The summed E-state index contributed by atoms with van der Waals surface area (Å²) in [4.78, 5) is 6.08. The van der Waals surface area contributed by atoms with E-state index < -0.39 is 0 Å². The van der Waals surface area contributed by atoms with Crippen molar-refractivity contribution in [3.05, 3.63) is 77.9 Å². The zero-order valence-electron chi connectivity index (χ0n) is 19.7. The molecule has 0 atom stereocenters. The second-order valence-electron chi connectivity index (χ2n) is 8.34. The third-order valence-electron chi connectivity index (χ3n) is 5.97. The van der Waals surface area contributed by atoms with Crippen LogP contribution in [0.1, 0.15) is 17.5 Å². The van der Waals surface area contributed by atoms with Gasteiger partial charge in [-0.3, -0.25) is 4.90 Å². The Labute approximate surface area is 201 Å². The van der Waals surface area contributed by atoms with E-state index in [9.17, 15) is 0 Å². The van der Waals surface area contributed by atoms with Crippen molar-refractivity contribution in [2.24, 2.45) is 0 Å². The third kappa shape index (κ3) is 6.15. The van der Waals surface area contributed by atoms with Crippen LogP contribution in [0.5, 0.6) is 11.5 Å². The molecule has 1 aliphatic rings. The van der Waals surface area contributed by atoms with Crippen LogP contribution < -0.4 is 19.1 Å². The molecule has 1 aliphatic heterocycles. The van der Waals surface area contributed by atoms with Crippen LogP contribution in [0.4, 0.5) is 11.4 Å². The van der Waals surface area contributed by atoms with Gasteiger partial charge >= 0.3 is 0 Å². The molecule has 33 heavy (non-hydrogen) atoms. The van der Waals surface area contributed by atoms with Crippen LogP contribution in [0.3, 0.4) is 0 Å². The van der Waals surface area contributed by atoms with Crippen molar-refractivity contribution in [3.63, 3.8) is 0 Å². The first-order valence-corrected chi connectivity index (χ1v) is 12.2. The van der Waals surface area contributed by atoms with Gasteiger partial charge in [-0.1, -0.05) is 30.3 Å². The number of nitrogens with one attached hydrogen (secondary N) is 1. The van der Waals surface area contributed by atoms with Crippen LogP contribution in [0.2, 0.25) is 0 Å². The first kappa shape index (κ1) is 23.3. The summed E-state index contributed by atoms with van der Waals surface area (Å²) in [7, 11) is 3.46. The van der Waals surface area contributed by atoms with E-state index in [0.29, 0.717) is 0 Å². The molecular weight excluding hydrogens is 430 g/mol. The summed E-state index contributed by atoms with van der Waals surface area (Å²) in [5.74, 6) is 1.84. The molecule has 0 spiro atoms. The van der Waals surface area contributed by atoms with Crippen molar-refractivity contribution in [1.29, 1.82) is 0 Å². The molecule has 1 N–H and O–H groups in total. The quantitative estimate of drug-likeness (QED) is 0.423. The van der Waals surface area contributed by atoms with Crippen molar-refractivity contribution >= 4 is 23.3 Å². The number of rotatable bonds is 8. The average molecular weight is 464 g/mol. The number of benzene rings is 3. The fourth-order valence-corrected chi connectivity index (χ4v) is 5.04. The summed E-state index contributed by atoms with van der Waals surface area (Å²) in [6.45, 7) is 7.28. The number of nitrogens with zero attached hydrogens (tertiary/aromatic N) is 2. The Bertz CT molecular complexity index is 1040. The van der Waals surface area contributed by atoms with Crippen molar-refractivity contribution in [2.45, 2.75) is 24.8 Å². The monoisotopic (exact) mass is 463 g/mol. The molecule has 0 bridgehead atoms. The number of hydrogen-bond acceptors (Lipinski definition) is 6. The average Bonchev–Trinajstić information content (AvgIpc) is 3.09. The van der Waals surface area contributed by atoms with Gasteiger partial charge in [0.05, 0.1) is 24.8 Å². The zero-order valence-corrected chi connectivity index (χ0v) is 20.5. The Morgan fingerprint density at radius 3 is 2.42 bits per heavy atom. The lowest BCUT2D eigenvalue weighted by Gasteiger charge is -2.25. The normalized spacial score (nSPS) is 14.6. The maximum absolute atomic E-state index is 5.57. The van der Waals surface area contributed by atoms with E-state index in [-0.39, 0.29) is 0 Å². The first-order valence-electron chi connectivity index (χ1n) is 11.4. The molecule has 0 unspecified atom stereocenters. The minimum Gasteiger partial charge on any atom is -0.496 e. The van der Waals surface area contributed by atoms with Gasteiger partial charge in [-0.2, -0.15) is 0 Å². The summed E-state index contributed by atoms with van der Waals surface area (Å²) in [5.41, 5.74) is 4.84. The Morgan fingerprint density at radius 2 is 1.64 bits per heavy atom. The number of hydrogen-bond donors (Lipinski definition) is 1. The standard InChI is InChI=1S/C27H33N3O2S/c1-21-9-14-26(32-3)27(19-21)33-28-23-12-10-22(11-13-23)20-29-15-6-16-30(18-17-29)24-7-4-5-8-25(24)31-2/h4-5,7-14,19,28H,6,15-18,20H2,1-3H3. The molecule has 174 valence electrons. The topological polar surface area (TPSA) is 37.0 Å². The predicted octanol–water partition coefficient (Wildman–Crippen LogP) is 5.84. The Hall–Kier alpha value is -2.83.